The van der Waals surface area contributed by atoms with Gasteiger partial charge in [-0.25, -0.2) is 5.43 Å². The van der Waals surface area contributed by atoms with Gasteiger partial charge in [0.25, 0.3) is 5.91 Å². The molecule has 0 aliphatic carbocycles. The molecule has 3 rings (SSSR count). The number of nitrogens with zero attached hydrogens (tertiary/aromatic N) is 4. The molecule has 0 spiro atoms. The van der Waals surface area contributed by atoms with Crippen molar-refractivity contribution in [3.8, 4) is 0 Å². The summed E-state index contributed by atoms with van der Waals surface area (Å²) in [6.45, 7) is 3.91. The lowest BCUT2D eigenvalue weighted by atomic mass is 10.2. The lowest BCUT2D eigenvalue weighted by molar-refractivity contribution is -0.118. The van der Waals surface area contributed by atoms with Gasteiger partial charge < -0.3 is 0 Å². The number of carbonyl (C=O) groups excluding carboxylic acids is 1. The van der Waals surface area contributed by atoms with Crippen LogP contribution in [0.15, 0.2) is 62.6 Å². The largest absolute Gasteiger partial charge is 0.272 e. The quantitative estimate of drug-likeness (QED) is 0.329. The summed E-state index contributed by atoms with van der Waals surface area (Å²) in [7, 11) is 0. The van der Waals surface area contributed by atoms with Crippen LogP contribution in [0, 0.1) is 6.92 Å². The van der Waals surface area contributed by atoms with Crippen LogP contribution in [0.2, 0.25) is 0 Å². The summed E-state index contributed by atoms with van der Waals surface area (Å²) in [6.07, 6.45) is 3.38. The van der Waals surface area contributed by atoms with Gasteiger partial charge in [-0.1, -0.05) is 64.7 Å². The number of nitrogens with one attached hydrogen (secondary N) is 1. The minimum atomic E-state index is -0.178. The van der Waals surface area contributed by atoms with E-state index in [2.05, 4.69) is 56.9 Å². The fourth-order valence-electron chi connectivity index (χ4n) is 2.11. The van der Waals surface area contributed by atoms with Gasteiger partial charge in [0.05, 0.1) is 11.5 Å². The third-order valence-corrected chi connectivity index (χ3v) is 6.91. The Morgan fingerprint density at radius 2 is 1.75 bits per heavy atom. The molecule has 0 unspecified atom stereocenters. The van der Waals surface area contributed by atoms with Crippen molar-refractivity contribution in [2.45, 2.75) is 28.3 Å². The first-order valence-corrected chi connectivity index (χ1v) is 11.3. The van der Waals surface area contributed by atoms with Crippen molar-refractivity contribution in [2.24, 2.45) is 5.10 Å². The molecule has 2 aromatic heterocycles. The number of carbonyl (C=O) groups is 1. The third-order valence-electron chi connectivity index (χ3n) is 3.64. The maximum atomic E-state index is 12.0. The van der Waals surface area contributed by atoms with E-state index in [1.54, 1.807) is 24.2 Å². The summed E-state index contributed by atoms with van der Waals surface area (Å²) in [5.41, 5.74) is 6.72. The molecule has 3 aromatic rings. The first-order valence-electron chi connectivity index (χ1n) is 8.48. The van der Waals surface area contributed by atoms with Gasteiger partial charge in [0, 0.05) is 23.7 Å². The summed E-state index contributed by atoms with van der Waals surface area (Å²) < 4.78 is 1.67. The normalized spacial score (nSPS) is 11.4. The number of hydrogen-bond acceptors (Lipinski definition) is 8. The Bertz CT molecular complexity index is 942. The number of hydrazone groups is 1. The molecule has 28 heavy (non-hydrogen) atoms. The zero-order valence-corrected chi connectivity index (χ0v) is 17.9. The fraction of sp³-hybridized carbons (Fsp3) is 0.211. The molecule has 9 heteroatoms. The molecular formula is C19H19N5OS3. The molecular weight excluding hydrogens is 410 g/mol. The van der Waals surface area contributed by atoms with Crippen LogP contribution in [-0.2, 0) is 10.5 Å². The average molecular weight is 430 g/mol. The van der Waals surface area contributed by atoms with Gasteiger partial charge in [-0.15, -0.1) is 10.2 Å². The van der Waals surface area contributed by atoms with Crippen LogP contribution in [0.3, 0.4) is 0 Å². The first-order chi connectivity index (χ1) is 13.6. The van der Waals surface area contributed by atoms with E-state index in [1.807, 2.05) is 19.1 Å². The van der Waals surface area contributed by atoms with E-state index in [9.17, 15) is 4.79 Å². The Kier molecular flexibility index (Phi) is 7.58. The minimum absolute atomic E-state index is 0.178. The molecule has 2 heterocycles. The zero-order valence-electron chi connectivity index (χ0n) is 15.5. The van der Waals surface area contributed by atoms with E-state index >= 15 is 0 Å². The number of hydrogen-bond donors (Lipinski definition) is 1. The Hall–Kier alpha value is -2.23. The van der Waals surface area contributed by atoms with E-state index in [-0.39, 0.29) is 11.7 Å². The number of aryl methyl sites for hydroxylation is 1. The van der Waals surface area contributed by atoms with Crippen LogP contribution >= 0.6 is 34.9 Å². The smallest absolute Gasteiger partial charge is 0.250 e. The molecule has 144 valence electrons. The van der Waals surface area contributed by atoms with E-state index in [0.717, 1.165) is 25.7 Å². The van der Waals surface area contributed by atoms with Crippen molar-refractivity contribution in [1.29, 1.82) is 0 Å². The van der Waals surface area contributed by atoms with E-state index in [4.69, 9.17) is 0 Å². The highest BCUT2D eigenvalue weighted by Gasteiger charge is 2.09. The van der Waals surface area contributed by atoms with Gasteiger partial charge in [0.15, 0.2) is 8.68 Å². The predicted molar refractivity (Wildman–Crippen MR) is 116 cm³/mol. The molecule has 1 amide bonds. The van der Waals surface area contributed by atoms with Crippen LogP contribution in [0.4, 0.5) is 0 Å². The van der Waals surface area contributed by atoms with Crippen LogP contribution in [-0.4, -0.2) is 32.6 Å². The summed E-state index contributed by atoms with van der Waals surface area (Å²) in [5, 5.41) is 12.5. The van der Waals surface area contributed by atoms with Gasteiger partial charge in [0.1, 0.15) is 0 Å². The van der Waals surface area contributed by atoms with Gasteiger partial charge in [-0.3, -0.25) is 9.78 Å². The highest BCUT2D eigenvalue weighted by Crippen LogP contribution is 2.30. The summed E-state index contributed by atoms with van der Waals surface area (Å²) >= 11 is 4.51. The Morgan fingerprint density at radius 1 is 1.07 bits per heavy atom. The lowest BCUT2D eigenvalue weighted by Crippen LogP contribution is -2.21. The van der Waals surface area contributed by atoms with Gasteiger partial charge in [-0.2, -0.15) is 5.10 Å². The number of benzene rings is 1. The van der Waals surface area contributed by atoms with Crippen LogP contribution in [0.25, 0.3) is 0 Å². The van der Waals surface area contributed by atoms with Crippen molar-refractivity contribution in [2.75, 3.05) is 5.75 Å². The molecule has 0 atom stereocenters. The zero-order chi connectivity index (χ0) is 19.8. The standard InChI is InChI=1S/C19H19N5OS3/c1-13-3-5-15(6-4-13)11-26-18-23-24-19(28-18)27-12-17(25)22-21-14(2)16-7-9-20-10-8-16/h3-10H,11-12H2,1-2H3,(H,22,25)/b21-14-. The second-order valence-corrected chi connectivity index (χ2v) is 9.29. The molecule has 0 saturated carbocycles. The van der Waals surface area contributed by atoms with Crippen LogP contribution < -0.4 is 5.43 Å². The average Bonchev–Trinajstić information content (AvgIpc) is 3.18. The van der Waals surface area contributed by atoms with Gasteiger partial charge in [0.2, 0.25) is 0 Å². The fourth-order valence-corrected chi connectivity index (χ4v) is 4.87. The first kappa shape index (κ1) is 20.5. The molecule has 0 fully saturated rings. The SMILES string of the molecule is C/C(=N/NC(=O)CSc1nnc(SCc2ccc(C)cc2)s1)c1ccncc1. The van der Waals surface area contributed by atoms with Gasteiger partial charge in [-0.05, 0) is 31.5 Å². The van der Waals surface area contributed by atoms with Crippen LogP contribution in [0.1, 0.15) is 23.6 Å². The highest BCUT2D eigenvalue weighted by atomic mass is 32.2. The molecule has 0 radical (unpaired) electrons. The summed E-state index contributed by atoms with van der Waals surface area (Å²) in [6, 6.07) is 12.1. The van der Waals surface area contributed by atoms with Crippen molar-refractivity contribution >= 4 is 46.5 Å². The lowest BCUT2D eigenvalue weighted by Gasteiger charge is -2.01. The van der Waals surface area contributed by atoms with Crippen molar-refractivity contribution in [1.82, 2.24) is 20.6 Å². The topological polar surface area (TPSA) is 80.1 Å². The second-order valence-electron chi connectivity index (χ2n) is 5.86. The highest BCUT2D eigenvalue weighted by molar-refractivity contribution is 8.03. The predicted octanol–water partition coefficient (Wildman–Crippen LogP) is 4.17. The number of pyridine rings is 1. The number of rotatable bonds is 8. The molecule has 6 nitrogen and oxygen atoms in total. The number of aromatic nitrogens is 3. The molecule has 0 bridgehead atoms. The van der Waals surface area contributed by atoms with Crippen molar-refractivity contribution in [3.63, 3.8) is 0 Å². The number of thioether (sulfide) groups is 2. The molecule has 1 aromatic carbocycles. The minimum Gasteiger partial charge on any atom is -0.272 e. The maximum absolute atomic E-state index is 12.0. The van der Waals surface area contributed by atoms with E-state index in [0.29, 0.717) is 0 Å². The molecule has 0 aliphatic rings. The molecule has 0 aliphatic heterocycles. The summed E-state index contributed by atoms with van der Waals surface area (Å²) in [5.74, 6) is 0.912. The third kappa shape index (κ3) is 6.43. The van der Waals surface area contributed by atoms with Crippen molar-refractivity contribution in [3.05, 3.63) is 65.5 Å². The van der Waals surface area contributed by atoms with E-state index < -0.39 is 0 Å². The Morgan fingerprint density at radius 3 is 2.46 bits per heavy atom. The molecule has 1 N–H and O–H groups in total. The Labute approximate surface area is 176 Å². The maximum Gasteiger partial charge on any atom is 0.250 e. The second kappa shape index (κ2) is 10.4. The number of amides is 1. The van der Waals surface area contributed by atoms with Crippen molar-refractivity contribution < 1.29 is 4.79 Å². The summed E-state index contributed by atoms with van der Waals surface area (Å²) in [4.78, 5) is 16.0. The van der Waals surface area contributed by atoms with E-state index in [1.165, 1.54) is 34.2 Å². The monoisotopic (exact) mass is 429 g/mol. The van der Waals surface area contributed by atoms with Gasteiger partial charge >= 0.3 is 0 Å². The Balaban J connectivity index is 1.43. The molecule has 0 saturated heterocycles. The van der Waals surface area contributed by atoms with Crippen LogP contribution in [0.5, 0.6) is 0 Å².